The van der Waals surface area contributed by atoms with E-state index in [0.29, 0.717) is 48.9 Å². The van der Waals surface area contributed by atoms with Gasteiger partial charge in [0.05, 0.1) is 4.90 Å². The van der Waals surface area contributed by atoms with Crippen LogP contribution >= 0.6 is 11.6 Å². The fourth-order valence-corrected chi connectivity index (χ4v) is 5.04. The van der Waals surface area contributed by atoms with Crippen LogP contribution in [0.5, 0.6) is 0 Å². The predicted octanol–water partition coefficient (Wildman–Crippen LogP) is 3.30. The third-order valence-corrected chi connectivity index (χ3v) is 7.99. The molecule has 168 valence electrons. The first-order valence-electron chi connectivity index (χ1n) is 10.00. The summed E-state index contributed by atoms with van der Waals surface area (Å²) in [4.78, 5) is 17.2. The molecule has 2 aromatic carbocycles. The lowest BCUT2D eigenvalue weighted by molar-refractivity contribution is 0.0628. The van der Waals surface area contributed by atoms with Crippen LogP contribution in [0.3, 0.4) is 0 Å². The summed E-state index contributed by atoms with van der Waals surface area (Å²) in [5, 5.41) is 0.392. The molecule has 1 fully saturated rings. The van der Waals surface area contributed by atoms with Gasteiger partial charge in [-0.25, -0.2) is 17.1 Å². The summed E-state index contributed by atoms with van der Waals surface area (Å²) in [5.41, 5.74) is 2.62. The number of sulfonamides is 1. The number of rotatable bonds is 5. The van der Waals surface area contributed by atoms with Crippen LogP contribution < -0.4 is 0 Å². The molecule has 0 saturated carbocycles. The molecule has 1 aliphatic rings. The first-order chi connectivity index (χ1) is 14.5. The molecule has 0 aliphatic carbocycles. The lowest BCUT2D eigenvalue weighted by atomic mass is 10.0. The fourth-order valence-electron chi connectivity index (χ4n) is 3.60. The number of amides is 1. The number of benzene rings is 2. The van der Waals surface area contributed by atoms with Gasteiger partial charge in [0.25, 0.3) is 5.91 Å². The van der Waals surface area contributed by atoms with Crippen molar-refractivity contribution in [1.82, 2.24) is 14.1 Å². The van der Waals surface area contributed by atoms with Crippen LogP contribution in [0, 0.1) is 19.7 Å². The van der Waals surface area contributed by atoms with E-state index < -0.39 is 10.0 Å². The largest absolute Gasteiger partial charge is 0.336 e. The molecule has 0 N–H and O–H groups in total. The number of nitrogens with zero attached hydrogens (tertiary/aromatic N) is 3. The second-order valence-electron chi connectivity index (χ2n) is 8.01. The molecule has 0 aromatic heterocycles. The summed E-state index contributed by atoms with van der Waals surface area (Å²) in [5.74, 6) is -0.550. The second-order valence-corrected chi connectivity index (χ2v) is 10.5. The monoisotopic (exact) mass is 467 g/mol. The van der Waals surface area contributed by atoms with Crippen molar-refractivity contribution in [3.63, 3.8) is 0 Å². The van der Waals surface area contributed by atoms with Crippen LogP contribution in [-0.4, -0.2) is 68.7 Å². The van der Waals surface area contributed by atoms with E-state index in [9.17, 15) is 17.6 Å². The van der Waals surface area contributed by atoms with Crippen molar-refractivity contribution in [2.75, 3.05) is 40.3 Å². The van der Waals surface area contributed by atoms with Gasteiger partial charge in [-0.1, -0.05) is 17.7 Å². The number of carbonyl (C=O) groups excluding carboxylic acids is 1. The molecule has 3 rings (SSSR count). The fraction of sp³-hybridized carbons (Fsp3) is 0.409. The summed E-state index contributed by atoms with van der Waals surface area (Å²) in [6.45, 7) is 6.46. The van der Waals surface area contributed by atoms with Crippen molar-refractivity contribution < 1.29 is 17.6 Å². The van der Waals surface area contributed by atoms with Gasteiger partial charge in [-0.05, 0) is 54.8 Å². The predicted molar refractivity (Wildman–Crippen MR) is 119 cm³/mol. The Labute approximate surface area is 188 Å². The van der Waals surface area contributed by atoms with Crippen molar-refractivity contribution in [3.8, 4) is 0 Å². The zero-order valence-corrected chi connectivity index (χ0v) is 19.7. The third-order valence-electron chi connectivity index (χ3n) is 5.69. The van der Waals surface area contributed by atoms with E-state index in [4.69, 9.17) is 11.6 Å². The van der Waals surface area contributed by atoms with E-state index in [1.54, 1.807) is 24.0 Å². The Morgan fingerprint density at radius 3 is 2.32 bits per heavy atom. The van der Waals surface area contributed by atoms with Crippen LogP contribution in [0.25, 0.3) is 0 Å². The number of halogens is 2. The summed E-state index contributed by atoms with van der Waals surface area (Å²) < 4.78 is 39.8. The highest BCUT2D eigenvalue weighted by atomic mass is 35.5. The van der Waals surface area contributed by atoms with Gasteiger partial charge in [0.2, 0.25) is 10.0 Å². The quantitative estimate of drug-likeness (QED) is 0.677. The van der Waals surface area contributed by atoms with Crippen LogP contribution in [0.4, 0.5) is 4.39 Å². The molecule has 2 aromatic rings. The minimum Gasteiger partial charge on any atom is -0.336 e. The molecule has 0 radical (unpaired) electrons. The van der Waals surface area contributed by atoms with Gasteiger partial charge in [-0.15, -0.1) is 0 Å². The molecule has 9 heteroatoms. The molecule has 31 heavy (non-hydrogen) atoms. The number of piperazine rings is 1. The maximum Gasteiger partial charge on any atom is 0.253 e. The van der Waals surface area contributed by atoms with Crippen LogP contribution in [-0.2, 0) is 16.6 Å². The van der Waals surface area contributed by atoms with Gasteiger partial charge in [0.15, 0.2) is 0 Å². The Kier molecular flexibility index (Phi) is 7.05. The molecule has 0 atom stereocenters. The molecule has 1 aliphatic heterocycles. The van der Waals surface area contributed by atoms with E-state index in [1.807, 2.05) is 6.92 Å². The van der Waals surface area contributed by atoms with Crippen molar-refractivity contribution in [3.05, 3.63) is 63.4 Å². The van der Waals surface area contributed by atoms with Gasteiger partial charge in [-0.3, -0.25) is 9.69 Å². The van der Waals surface area contributed by atoms with Gasteiger partial charge in [0.1, 0.15) is 5.82 Å². The number of aryl methyl sites for hydroxylation is 1. The maximum absolute atomic E-state index is 13.2. The van der Waals surface area contributed by atoms with Crippen molar-refractivity contribution >= 4 is 27.5 Å². The topological polar surface area (TPSA) is 60.9 Å². The third kappa shape index (κ3) is 5.09. The number of carbonyl (C=O) groups is 1. The molecule has 0 spiro atoms. The highest BCUT2D eigenvalue weighted by molar-refractivity contribution is 7.89. The first kappa shape index (κ1) is 23.7. The molecule has 1 amide bonds. The Hall–Kier alpha value is -2.00. The van der Waals surface area contributed by atoms with Gasteiger partial charge in [-0.2, -0.15) is 0 Å². The molecule has 0 unspecified atom stereocenters. The van der Waals surface area contributed by atoms with Gasteiger partial charge < -0.3 is 4.90 Å². The number of hydrogen-bond donors (Lipinski definition) is 0. The SMILES string of the molecule is Cc1cc(C(=O)N2CCN(Cc3ccc(F)cc3Cl)CC2)cc(S(=O)(=O)N(C)C)c1C. The summed E-state index contributed by atoms with van der Waals surface area (Å²) >= 11 is 6.13. The van der Waals surface area contributed by atoms with Crippen molar-refractivity contribution in [1.29, 1.82) is 0 Å². The zero-order valence-electron chi connectivity index (χ0n) is 18.2. The summed E-state index contributed by atoms with van der Waals surface area (Å²) in [7, 11) is -0.697. The first-order valence-corrected chi connectivity index (χ1v) is 11.8. The van der Waals surface area contributed by atoms with Gasteiger partial charge in [0, 0.05) is 57.4 Å². The highest BCUT2D eigenvalue weighted by Crippen LogP contribution is 2.25. The zero-order chi connectivity index (χ0) is 22.9. The maximum atomic E-state index is 13.2. The summed E-state index contributed by atoms with van der Waals surface area (Å²) in [6, 6.07) is 7.59. The van der Waals surface area contributed by atoms with Gasteiger partial charge >= 0.3 is 0 Å². The number of hydrogen-bond acceptors (Lipinski definition) is 4. The molecule has 6 nitrogen and oxygen atoms in total. The Balaban J connectivity index is 1.73. The average Bonchev–Trinajstić information content (AvgIpc) is 2.71. The van der Waals surface area contributed by atoms with E-state index in [1.165, 1.54) is 32.3 Å². The summed E-state index contributed by atoms with van der Waals surface area (Å²) in [6.07, 6.45) is 0. The minimum atomic E-state index is -3.65. The van der Waals surface area contributed by atoms with E-state index in [2.05, 4.69) is 4.90 Å². The molecule has 1 heterocycles. The molecular formula is C22H27ClFN3O3S. The Morgan fingerprint density at radius 2 is 1.74 bits per heavy atom. The normalized spacial score (nSPS) is 15.5. The highest BCUT2D eigenvalue weighted by Gasteiger charge is 2.26. The van der Waals surface area contributed by atoms with Crippen LogP contribution in [0.2, 0.25) is 5.02 Å². The minimum absolute atomic E-state index is 0.158. The lowest BCUT2D eigenvalue weighted by Crippen LogP contribution is -2.48. The smallest absolute Gasteiger partial charge is 0.253 e. The molecule has 0 bridgehead atoms. The second kappa shape index (κ2) is 9.24. The standard InChI is InChI=1S/C22H27ClFN3O3S/c1-15-11-18(12-21(16(15)2)31(29,30)25(3)4)22(28)27-9-7-26(8-10-27)14-17-5-6-19(24)13-20(17)23/h5-6,11-13H,7-10,14H2,1-4H3. The van der Waals surface area contributed by atoms with Crippen molar-refractivity contribution in [2.45, 2.75) is 25.3 Å². The Morgan fingerprint density at radius 1 is 1.10 bits per heavy atom. The van der Waals surface area contributed by atoms with E-state index in [-0.39, 0.29) is 16.6 Å². The lowest BCUT2D eigenvalue weighted by Gasteiger charge is -2.35. The van der Waals surface area contributed by atoms with Crippen molar-refractivity contribution in [2.24, 2.45) is 0 Å². The van der Waals surface area contributed by atoms with E-state index >= 15 is 0 Å². The van der Waals surface area contributed by atoms with Crippen LogP contribution in [0.15, 0.2) is 35.2 Å². The molecular weight excluding hydrogens is 441 g/mol. The Bertz CT molecular complexity index is 1100. The molecule has 1 saturated heterocycles. The van der Waals surface area contributed by atoms with E-state index in [0.717, 1.165) is 15.4 Å². The van der Waals surface area contributed by atoms with Crippen LogP contribution in [0.1, 0.15) is 27.0 Å². The average molecular weight is 468 g/mol.